The van der Waals surface area contributed by atoms with Crippen LogP contribution in [0.3, 0.4) is 0 Å². The summed E-state index contributed by atoms with van der Waals surface area (Å²) in [7, 11) is 0. The molecule has 1 amide bonds. The zero-order chi connectivity index (χ0) is 16.3. The Morgan fingerprint density at radius 3 is 2.27 bits per heavy atom. The van der Waals surface area contributed by atoms with Crippen molar-refractivity contribution >= 4 is 52.1 Å². The molecule has 0 heterocycles. The van der Waals surface area contributed by atoms with E-state index in [-0.39, 0.29) is 11.0 Å². The Balaban J connectivity index is 2.08. The SMILES string of the molecule is Cc1cccc(C)c1NC(=S)NC(=O)c1ccc(Cl)c(Cl)c1. The molecule has 2 aromatic carbocycles. The number of halogens is 2. The highest BCUT2D eigenvalue weighted by molar-refractivity contribution is 7.80. The maximum atomic E-state index is 12.1. The van der Waals surface area contributed by atoms with Crippen LogP contribution in [-0.2, 0) is 0 Å². The van der Waals surface area contributed by atoms with E-state index in [0.29, 0.717) is 15.6 Å². The number of benzene rings is 2. The summed E-state index contributed by atoms with van der Waals surface area (Å²) in [5.74, 6) is -0.345. The smallest absolute Gasteiger partial charge is 0.257 e. The van der Waals surface area contributed by atoms with Gasteiger partial charge in [-0.3, -0.25) is 10.1 Å². The quantitative estimate of drug-likeness (QED) is 0.767. The number of carbonyl (C=O) groups excluding carboxylic acids is 1. The lowest BCUT2D eigenvalue weighted by Crippen LogP contribution is -2.34. The van der Waals surface area contributed by atoms with Crippen molar-refractivity contribution in [3.63, 3.8) is 0 Å². The van der Waals surface area contributed by atoms with Gasteiger partial charge in [-0.05, 0) is 55.4 Å². The van der Waals surface area contributed by atoms with Gasteiger partial charge in [0.25, 0.3) is 5.91 Å². The predicted octanol–water partition coefficient (Wildman–Crippen LogP) is 4.74. The topological polar surface area (TPSA) is 41.1 Å². The Kier molecular flexibility index (Phi) is 5.40. The number of hydrogen-bond acceptors (Lipinski definition) is 2. The van der Waals surface area contributed by atoms with Crippen LogP contribution in [0.4, 0.5) is 5.69 Å². The molecular formula is C16H14Cl2N2OS. The average Bonchev–Trinajstić information content (AvgIpc) is 2.46. The third-order valence-corrected chi connectivity index (χ3v) is 4.07. The Hall–Kier alpha value is -1.62. The molecule has 2 aromatic rings. The number of carbonyl (C=O) groups is 1. The highest BCUT2D eigenvalue weighted by Gasteiger charge is 2.11. The first-order valence-electron chi connectivity index (χ1n) is 6.52. The van der Waals surface area contributed by atoms with E-state index in [9.17, 15) is 4.79 Å². The van der Waals surface area contributed by atoms with Gasteiger partial charge in [0.1, 0.15) is 0 Å². The van der Waals surface area contributed by atoms with Crippen molar-refractivity contribution in [2.75, 3.05) is 5.32 Å². The molecule has 0 aliphatic heterocycles. The van der Waals surface area contributed by atoms with Crippen LogP contribution in [0.5, 0.6) is 0 Å². The molecule has 3 nitrogen and oxygen atoms in total. The lowest BCUT2D eigenvalue weighted by Gasteiger charge is -2.14. The lowest BCUT2D eigenvalue weighted by atomic mass is 10.1. The maximum absolute atomic E-state index is 12.1. The molecule has 0 fully saturated rings. The molecule has 0 atom stereocenters. The Bertz CT molecular complexity index is 727. The lowest BCUT2D eigenvalue weighted by molar-refractivity contribution is 0.0977. The van der Waals surface area contributed by atoms with E-state index in [2.05, 4.69) is 10.6 Å². The van der Waals surface area contributed by atoms with Gasteiger partial charge in [0, 0.05) is 11.3 Å². The minimum absolute atomic E-state index is 0.230. The first-order valence-corrected chi connectivity index (χ1v) is 7.68. The van der Waals surface area contributed by atoms with Gasteiger partial charge in [0.05, 0.1) is 10.0 Å². The molecule has 114 valence electrons. The highest BCUT2D eigenvalue weighted by atomic mass is 35.5. The number of amides is 1. The molecule has 2 rings (SSSR count). The summed E-state index contributed by atoms with van der Waals surface area (Å²) in [4.78, 5) is 12.1. The molecule has 0 saturated carbocycles. The normalized spacial score (nSPS) is 10.2. The van der Waals surface area contributed by atoms with Gasteiger partial charge in [-0.1, -0.05) is 41.4 Å². The van der Waals surface area contributed by atoms with Crippen molar-refractivity contribution < 1.29 is 4.79 Å². The minimum Gasteiger partial charge on any atom is -0.332 e. The fourth-order valence-corrected chi connectivity index (χ4v) is 2.46. The van der Waals surface area contributed by atoms with E-state index < -0.39 is 0 Å². The zero-order valence-electron chi connectivity index (χ0n) is 12.0. The van der Waals surface area contributed by atoms with Crippen LogP contribution in [0.15, 0.2) is 36.4 Å². The fraction of sp³-hybridized carbons (Fsp3) is 0.125. The van der Waals surface area contributed by atoms with Crippen LogP contribution in [0.25, 0.3) is 0 Å². The number of hydrogen-bond donors (Lipinski definition) is 2. The molecule has 22 heavy (non-hydrogen) atoms. The molecular weight excluding hydrogens is 339 g/mol. The third-order valence-electron chi connectivity index (χ3n) is 3.13. The number of nitrogens with one attached hydrogen (secondary N) is 2. The number of para-hydroxylation sites is 1. The van der Waals surface area contributed by atoms with Crippen molar-refractivity contribution in [2.24, 2.45) is 0 Å². The molecule has 0 spiro atoms. The summed E-state index contributed by atoms with van der Waals surface area (Å²) in [5, 5.41) is 6.62. The van der Waals surface area contributed by atoms with Gasteiger partial charge in [-0.2, -0.15) is 0 Å². The molecule has 0 radical (unpaired) electrons. The van der Waals surface area contributed by atoms with Crippen molar-refractivity contribution in [1.29, 1.82) is 0 Å². The summed E-state index contributed by atoms with van der Waals surface area (Å²) in [5.41, 5.74) is 3.37. The molecule has 0 saturated heterocycles. The van der Waals surface area contributed by atoms with Crippen LogP contribution in [0.1, 0.15) is 21.5 Å². The van der Waals surface area contributed by atoms with Crippen LogP contribution in [-0.4, -0.2) is 11.0 Å². The second-order valence-electron chi connectivity index (χ2n) is 4.80. The molecule has 0 unspecified atom stereocenters. The Morgan fingerprint density at radius 1 is 1.05 bits per heavy atom. The van der Waals surface area contributed by atoms with E-state index in [4.69, 9.17) is 35.4 Å². The van der Waals surface area contributed by atoms with E-state index in [1.54, 1.807) is 12.1 Å². The molecule has 0 aliphatic carbocycles. The molecule has 0 aliphatic rings. The standard InChI is InChI=1S/C16H14Cl2N2OS/c1-9-4-3-5-10(2)14(9)19-16(22)20-15(21)11-6-7-12(17)13(18)8-11/h3-8H,1-2H3,(H2,19,20,21,22). The maximum Gasteiger partial charge on any atom is 0.257 e. The number of rotatable bonds is 2. The van der Waals surface area contributed by atoms with Gasteiger partial charge in [-0.25, -0.2) is 0 Å². The van der Waals surface area contributed by atoms with Gasteiger partial charge in [0.15, 0.2) is 5.11 Å². The van der Waals surface area contributed by atoms with Gasteiger partial charge in [-0.15, -0.1) is 0 Å². The van der Waals surface area contributed by atoms with E-state index >= 15 is 0 Å². The van der Waals surface area contributed by atoms with Gasteiger partial charge < -0.3 is 5.32 Å². The zero-order valence-corrected chi connectivity index (χ0v) is 14.4. The highest BCUT2D eigenvalue weighted by Crippen LogP contribution is 2.23. The first-order chi connectivity index (χ1) is 10.4. The molecule has 0 aromatic heterocycles. The number of thiocarbonyl (C=S) groups is 1. The minimum atomic E-state index is -0.345. The van der Waals surface area contributed by atoms with Crippen LogP contribution in [0.2, 0.25) is 10.0 Å². The first kappa shape index (κ1) is 16.7. The van der Waals surface area contributed by atoms with Crippen molar-refractivity contribution in [2.45, 2.75) is 13.8 Å². The van der Waals surface area contributed by atoms with Crippen LogP contribution < -0.4 is 10.6 Å². The monoisotopic (exact) mass is 352 g/mol. The second-order valence-corrected chi connectivity index (χ2v) is 6.03. The van der Waals surface area contributed by atoms with E-state index in [1.807, 2.05) is 32.0 Å². The van der Waals surface area contributed by atoms with Crippen molar-refractivity contribution in [3.8, 4) is 0 Å². The summed E-state index contributed by atoms with van der Waals surface area (Å²) >= 11 is 16.9. The van der Waals surface area contributed by atoms with Crippen LogP contribution >= 0.6 is 35.4 Å². The Labute approximate surface area is 144 Å². The van der Waals surface area contributed by atoms with Crippen molar-refractivity contribution in [3.05, 3.63) is 63.1 Å². The van der Waals surface area contributed by atoms with E-state index in [1.165, 1.54) is 6.07 Å². The summed E-state index contributed by atoms with van der Waals surface area (Å²) < 4.78 is 0. The summed E-state index contributed by atoms with van der Waals surface area (Å²) in [6.07, 6.45) is 0. The average molecular weight is 353 g/mol. The molecule has 6 heteroatoms. The van der Waals surface area contributed by atoms with Gasteiger partial charge >= 0.3 is 0 Å². The summed E-state index contributed by atoms with van der Waals surface area (Å²) in [6, 6.07) is 10.6. The van der Waals surface area contributed by atoms with Crippen molar-refractivity contribution in [1.82, 2.24) is 5.32 Å². The second kappa shape index (κ2) is 7.09. The summed E-state index contributed by atoms with van der Waals surface area (Å²) in [6.45, 7) is 3.94. The molecule has 2 N–H and O–H groups in total. The molecule has 0 bridgehead atoms. The predicted molar refractivity (Wildman–Crippen MR) is 96.1 cm³/mol. The van der Waals surface area contributed by atoms with Gasteiger partial charge in [0.2, 0.25) is 0 Å². The van der Waals surface area contributed by atoms with E-state index in [0.717, 1.165) is 16.8 Å². The number of anilines is 1. The third kappa shape index (κ3) is 3.97. The number of aryl methyl sites for hydroxylation is 2. The Morgan fingerprint density at radius 2 is 1.68 bits per heavy atom. The largest absolute Gasteiger partial charge is 0.332 e. The van der Waals surface area contributed by atoms with Crippen LogP contribution in [0, 0.1) is 13.8 Å². The fourth-order valence-electron chi connectivity index (χ4n) is 1.97.